The molecule has 2 saturated heterocycles. The van der Waals surface area contributed by atoms with Crippen molar-refractivity contribution in [1.29, 1.82) is 0 Å². The van der Waals surface area contributed by atoms with Gasteiger partial charge in [-0.2, -0.15) is 5.10 Å². The first kappa shape index (κ1) is 24.0. The molecule has 2 fully saturated rings. The van der Waals surface area contributed by atoms with E-state index in [9.17, 15) is 42.9 Å². The smallest absolute Gasteiger partial charge is 0.328 e. The van der Waals surface area contributed by atoms with E-state index in [2.05, 4.69) is 15.8 Å². The summed E-state index contributed by atoms with van der Waals surface area (Å²) >= 11 is 0. The van der Waals surface area contributed by atoms with Crippen molar-refractivity contribution in [3.05, 3.63) is 23.8 Å². The Balaban J connectivity index is 1.51. The number of aromatic hydroxyl groups is 2. The van der Waals surface area contributed by atoms with Crippen molar-refractivity contribution < 1.29 is 42.9 Å². The Morgan fingerprint density at radius 1 is 1.27 bits per heavy atom. The molecule has 3 atom stereocenters. The van der Waals surface area contributed by atoms with E-state index in [-0.39, 0.29) is 37.1 Å². The van der Waals surface area contributed by atoms with Crippen LogP contribution in [0.25, 0.3) is 0 Å². The number of benzene rings is 1. The Bertz CT molecular complexity index is 1150. The summed E-state index contributed by atoms with van der Waals surface area (Å²) in [7, 11) is -4.07. The van der Waals surface area contributed by atoms with Crippen molar-refractivity contribution in [2.24, 2.45) is 5.10 Å². The maximum absolute atomic E-state index is 12.7. The Hall–Kier alpha value is -3.68. The number of aliphatic carboxylic acids is 1. The molecule has 3 rings (SSSR count). The molecule has 2 aliphatic rings. The lowest BCUT2D eigenvalue weighted by Crippen LogP contribution is -2.57. The lowest BCUT2D eigenvalue weighted by molar-refractivity contribution is -0.156. The number of carbonyl (C=O) groups is 4. The molecule has 0 spiro atoms. The summed E-state index contributed by atoms with van der Waals surface area (Å²) in [5, 5.41) is 33.0. The number of carboxylic acids is 1. The molecule has 0 aliphatic carbocycles. The first-order valence-corrected chi connectivity index (χ1v) is 11.4. The van der Waals surface area contributed by atoms with Gasteiger partial charge in [-0.05, 0) is 31.5 Å². The van der Waals surface area contributed by atoms with Gasteiger partial charge in [-0.3, -0.25) is 14.4 Å². The van der Waals surface area contributed by atoms with Crippen molar-refractivity contribution in [2.75, 3.05) is 6.54 Å². The number of nitrogens with zero attached hydrogens (tertiary/aromatic N) is 2. The molecule has 1 aromatic rings. The van der Waals surface area contributed by atoms with Crippen LogP contribution in [0.4, 0.5) is 0 Å². The van der Waals surface area contributed by atoms with Crippen LogP contribution in [0.2, 0.25) is 0 Å². The second-order valence-corrected chi connectivity index (χ2v) is 10.3. The third-order valence-electron chi connectivity index (χ3n) is 5.59. The van der Waals surface area contributed by atoms with Crippen molar-refractivity contribution in [1.82, 2.24) is 15.6 Å². The first-order chi connectivity index (χ1) is 15.4. The maximum Gasteiger partial charge on any atom is 0.328 e. The van der Waals surface area contributed by atoms with Crippen LogP contribution in [-0.4, -0.2) is 81.3 Å². The molecule has 14 heteroatoms. The van der Waals surface area contributed by atoms with Gasteiger partial charge in [0.2, 0.25) is 11.8 Å². The summed E-state index contributed by atoms with van der Waals surface area (Å²) in [6, 6.07) is 1.91. The van der Waals surface area contributed by atoms with Gasteiger partial charge in [0.25, 0.3) is 5.91 Å². The summed E-state index contributed by atoms with van der Waals surface area (Å²) in [5.41, 5.74) is 2.24. The van der Waals surface area contributed by atoms with Gasteiger partial charge in [0, 0.05) is 24.7 Å². The van der Waals surface area contributed by atoms with Gasteiger partial charge < -0.3 is 25.5 Å². The average molecular weight is 482 g/mol. The number of amides is 3. The summed E-state index contributed by atoms with van der Waals surface area (Å²) < 4.78 is 23.4. The van der Waals surface area contributed by atoms with Crippen molar-refractivity contribution in [3.63, 3.8) is 0 Å². The van der Waals surface area contributed by atoms with Gasteiger partial charge in [0.15, 0.2) is 27.4 Å². The minimum atomic E-state index is -4.07. The van der Waals surface area contributed by atoms with Crippen LogP contribution >= 0.6 is 0 Å². The van der Waals surface area contributed by atoms with Crippen molar-refractivity contribution >= 4 is 39.7 Å². The van der Waals surface area contributed by atoms with Crippen molar-refractivity contribution in [3.8, 4) is 11.5 Å². The highest BCUT2D eigenvalue weighted by atomic mass is 32.2. The van der Waals surface area contributed by atoms with Gasteiger partial charge in [-0.15, -0.1) is 0 Å². The highest BCUT2D eigenvalue weighted by molar-refractivity contribution is 7.94. The molecule has 178 valence electrons. The number of phenols is 2. The number of hydrogen-bond acceptors (Lipinski definition) is 9. The number of β-lactam (4-membered cyclic amide) rings is 1. The van der Waals surface area contributed by atoms with E-state index in [4.69, 9.17) is 0 Å². The van der Waals surface area contributed by atoms with E-state index in [1.54, 1.807) is 0 Å². The zero-order valence-corrected chi connectivity index (χ0v) is 18.2. The minimum absolute atomic E-state index is 0.0858. The van der Waals surface area contributed by atoms with Gasteiger partial charge >= 0.3 is 5.97 Å². The molecule has 13 nitrogen and oxygen atoms in total. The van der Waals surface area contributed by atoms with E-state index in [0.717, 1.165) is 30.2 Å². The quantitative estimate of drug-likeness (QED) is 0.100. The number of phenolic OH excluding ortho intramolecular Hbond substituents is 2. The monoisotopic (exact) mass is 482 g/mol. The highest BCUT2D eigenvalue weighted by Gasteiger charge is 2.69. The Labute approximate surface area is 188 Å². The summed E-state index contributed by atoms with van der Waals surface area (Å²) in [4.78, 5) is 48.1. The number of hydrazone groups is 1. The van der Waals surface area contributed by atoms with E-state index in [1.165, 1.54) is 6.07 Å². The molecule has 3 amide bonds. The molecule has 1 aromatic carbocycles. The summed E-state index contributed by atoms with van der Waals surface area (Å²) in [6.45, 7) is 1.24. The van der Waals surface area contributed by atoms with Crippen LogP contribution in [0.3, 0.4) is 0 Å². The van der Waals surface area contributed by atoms with Gasteiger partial charge in [0.1, 0.15) is 10.1 Å². The first-order valence-electron chi connectivity index (χ1n) is 9.81. The number of hydrogen-bond donors (Lipinski definition) is 5. The number of nitrogens with one attached hydrogen (secondary N) is 2. The molecule has 0 unspecified atom stereocenters. The fourth-order valence-electron chi connectivity index (χ4n) is 3.71. The molecule has 0 radical (unpaired) electrons. The Morgan fingerprint density at radius 2 is 1.97 bits per heavy atom. The van der Waals surface area contributed by atoms with Gasteiger partial charge in [-0.25, -0.2) is 18.6 Å². The minimum Gasteiger partial charge on any atom is -0.504 e. The normalized spacial score (nSPS) is 25.4. The van der Waals surface area contributed by atoms with Crippen molar-refractivity contribution in [2.45, 2.75) is 42.3 Å². The molecule has 0 saturated carbocycles. The molecule has 33 heavy (non-hydrogen) atoms. The lowest BCUT2D eigenvalue weighted by Gasteiger charge is -2.35. The third-order valence-corrected chi connectivity index (χ3v) is 8.25. The number of carbonyl (C=O) groups excluding carboxylic acids is 3. The summed E-state index contributed by atoms with van der Waals surface area (Å²) in [5.74, 6) is -4.02. The molecule has 2 heterocycles. The number of sulfone groups is 1. The number of rotatable bonds is 8. The predicted octanol–water partition coefficient (Wildman–Crippen LogP) is -1.09. The van der Waals surface area contributed by atoms with Crippen LogP contribution in [-0.2, 0) is 24.2 Å². The molecule has 5 N–H and O–H groups in total. The van der Waals surface area contributed by atoms with Gasteiger partial charge in [0.05, 0.1) is 6.42 Å². The largest absolute Gasteiger partial charge is 0.504 e. The summed E-state index contributed by atoms with van der Waals surface area (Å²) in [6.07, 6.45) is 0.646. The molecular formula is C19H22N4O9S. The van der Waals surface area contributed by atoms with E-state index >= 15 is 0 Å². The zero-order chi connectivity index (χ0) is 24.6. The van der Waals surface area contributed by atoms with E-state index in [1.807, 2.05) is 0 Å². The molecule has 2 aliphatic heterocycles. The Kier molecular flexibility index (Phi) is 6.31. The SMILES string of the molecule is C[C@]1(/C=N/NC(=O)CCCNC(=O)c2ccc(O)c(O)c2)[C@H](C(=O)O)N2C(=O)C[C@H]2S1(=O)=O. The van der Waals surface area contributed by atoms with E-state index < -0.39 is 55.4 Å². The van der Waals surface area contributed by atoms with Crippen LogP contribution < -0.4 is 10.7 Å². The van der Waals surface area contributed by atoms with Crippen LogP contribution in [0.5, 0.6) is 11.5 Å². The van der Waals surface area contributed by atoms with E-state index in [0.29, 0.717) is 0 Å². The van der Waals surface area contributed by atoms with Crippen LogP contribution in [0.1, 0.15) is 36.5 Å². The lowest BCUT2D eigenvalue weighted by atomic mass is 9.97. The second kappa shape index (κ2) is 8.69. The topological polar surface area (TPSA) is 203 Å². The molecule has 0 aromatic heterocycles. The van der Waals surface area contributed by atoms with Gasteiger partial charge in [-0.1, -0.05) is 0 Å². The fourth-order valence-corrected chi connectivity index (χ4v) is 5.92. The molecule has 0 bridgehead atoms. The van der Waals surface area contributed by atoms with Crippen LogP contribution in [0.15, 0.2) is 23.3 Å². The maximum atomic E-state index is 12.7. The Morgan fingerprint density at radius 3 is 2.58 bits per heavy atom. The number of fused-ring (bicyclic) bond motifs is 1. The second-order valence-electron chi connectivity index (χ2n) is 7.79. The average Bonchev–Trinajstić information content (AvgIpc) is 2.87. The molecular weight excluding hydrogens is 460 g/mol. The highest BCUT2D eigenvalue weighted by Crippen LogP contribution is 2.45. The fraction of sp³-hybridized carbons (Fsp3) is 0.421. The third kappa shape index (κ3) is 4.20. The van der Waals surface area contributed by atoms with Crippen LogP contribution in [0, 0.1) is 0 Å². The number of carboxylic acid groups (broad SMARTS) is 1. The predicted molar refractivity (Wildman–Crippen MR) is 112 cm³/mol. The zero-order valence-electron chi connectivity index (χ0n) is 17.4. The standard InChI is InChI=1S/C19H22N4O9S/c1-19(16(18(29)30)23-14(27)8-15(23)33(19,31)32)9-21-22-13(26)3-2-6-20-17(28)10-4-5-11(24)12(25)7-10/h4-5,7,9,15-16,24-25H,2-3,6,8H2,1H3,(H,20,28)(H,22,26)(H,29,30)/b21-9+/t15-,16+,19+/m1/s1.